The highest BCUT2D eigenvalue weighted by molar-refractivity contribution is 7.92. The minimum atomic E-state index is -3.53. The van der Waals surface area contributed by atoms with Crippen molar-refractivity contribution in [1.82, 2.24) is 5.32 Å². The highest BCUT2D eigenvalue weighted by Crippen LogP contribution is 2.29. The maximum Gasteiger partial charge on any atom is 0.229 e. The zero-order valence-corrected chi connectivity index (χ0v) is 16.5. The molecule has 2 aromatic carbocycles. The number of hydrogen-bond donors (Lipinski definition) is 4. The van der Waals surface area contributed by atoms with Crippen molar-refractivity contribution < 1.29 is 23.4 Å². The molecule has 0 aliphatic carbocycles. The van der Waals surface area contributed by atoms with Crippen molar-refractivity contribution in [2.24, 2.45) is 0 Å². The number of phenolic OH excluding ortho intramolecular Hbond substituents is 1. The molecule has 0 bridgehead atoms. The number of phenols is 1. The monoisotopic (exact) mass is 394 g/mol. The molecule has 27 heavy (non-hydrogen) atoms. The van der Waals surface area contributed by atoms with Crippen molar-refractivity contribution in [2.75, 3.05) is 24.6 Å². The number of ether oxygens (including phenoxy) is 1. The third-order valence-electron chi connectivity index (χ3n) is 4.17. The molecule has 148 valence electrons. The van der Waals surface area contributed by atoms with E-state index in [-0.39, 0.29) is 17.5 Å². The van der Waals surface area contributed by atoms with E-state index in [1.54, 1.807) is 13.2 Å². The van der Waals surface area contributed by atoms with E-state index in [1.165, 1.54) is 12.1 Å². The van der Waals surface area contributed by atoms with Crippen molar-refractivity contribution in [3.8, 4) is 11.5 Å². The summed E-state index contributed by atoms with van der Waals surface area (Å²) in [6, 6.07) is 11.9. The summed E-state index contributed by atoms with van der Waals surface area (Å²) in [4.78, 5) is 0. The summed E-state index contributed by atoms with van der Waals surface area (Å²) in [5.41, 5.74) is 1.69. The Hall–Kier alpha value is -2.29. The quantitative estimate of drug-likeness (QED) is 0.485. The molecule has 2 atom stereocenters. The number of methoxy groups -OCH3 is 1. The molecule has 0 fully saturated rings. The third-order valence-corrected chi connectivity index (χ3v) is 4.76. The SMILES string of the molecule is COc1ccc(CCNC(C)C(O)c2ccc(O)c(NS(C)(=O)=O)c2)cc1. The Kier molecular flexibility index (Phi) is 7.06. The molecule has 2 aromatic rings. The smallest absolute Gasteiger partial charge is 0.229 e. The van der Waals surface area contributed by atoms with Gasteiger partial charge in [0.25, 0.3) is 0 Å². The van der Waals surface area contributed by atoms with Gasteiger partial charge in [-0.2, -0.15) is 0 Å². The first-order chi connectivity index (χ1) is 12.7. The summed E-state index contributed by atoms with van der Waals surface area (Å²) < 4.78 is 30.1. The van der Waals surface area contributed by atoms with Gasteiger partial charge < -0.3 is 20.3 Å². The zero-order chi connectivity index (χ0) is 20.0. The largest absolute Gasteiger partial charge is 0.506 e. The topological polar surface area (TPSA) is 108 Å². The van der Waals surface area contributed by atoms with Crippen LogP contribution in [0.5, 0.6) is 11.5 Å². The summed E-state index contributed by atoms with van der Waals surface area (Å²) >= 11 is 0. The lowest BCUT2D eigenvalue weighted by atomic mass is 10.0. The molecule has 2 unspecified atom stereocenters. The number of aliphatic hydroxyl groups excluding tert-OH is 1. The number of aromatic hydroxyl groups is 1. The van der Waals surface area contributed by atoms with Gasteiger partial charge in [-0.25, -0.2) is 8.42 Å². The summed E-state index contributed by atoms with van der Waals surface area (Å²) in [5.74, 6) is 0.609. The van der Waals surface area contributed by atoms with Gasteiger partial charge in [-0.1, -0.05) is 18.2 Å². The molecule has 0 saturated carbocycles. The maximum atomic E-state index is 11.4. The van der Waals surface area contributed by atoms with Crippen LogP contribution >= 0.6 is 0 Å². The molecular weight excluding hydrogens is 368 g/mol. The Balaban J connectivity index is 1.95. The second-order valence-corrected chi connectivity index (χ2v) is 8.18. The van der Waals surface area contributed by atoms with E-state index < -0.39 is 16.1 Å². The minimum absolute atomic E-state index is 0.0412. The van der Waals surface area contributed by atoms with E-state index in [0.29, 0.717) is 12.1 Å². The van der Waals surface area contributed by atoms with Gasteiger partial charge >= 0.3 is 0 Å². The molecule has 2 rings (SSSR count). The van der Waals surface area contributed by atoms with Gasteiger partial charge in [0.1, 0.15) is 11.5 Å². The van der Waals surface area contributed by atoms with Gasteiger partial charge in [-0.3, -0.25) is 4.72 Å². The van der Waals surface area contributed by atoms with E-state index in [9.17, 15) is 18.6 Å². The van der Waals surface area contributed by atoms with Gasteiger partial charge in [-0.05, 0) is 55.3 Å². The van der Waals surface area contributed by atoms with Crippen molar-refractivity contribution >= 4 is 15.7 Å². The summed E-state index contributed by atoms with van der Waals surface area (Å²) in [5, 5.41) is 23.6. The van der Waals surface area contributed by atoms with E-state index in [1.807, 2.05) is 31.2 Å². The second kappa shape index (κ2) is 9.07. The predicted molar refractivity (Wildman–Crippen MR) is 106 cm³/mol. The van der Waals surface area contributed by atoms with Crippen LogP contribution in [0.4, 0.5) is 5.69 Å². The molecule has 0 radical (unpaired) electrons. The average molecular weight is 394 g/mol. The summed E-state index contributed by atoms with van der Waals surface area (Å²) in [6.07, 6.45) is 0.928. The lowest BCUT2D eigenvalue weighted by molar-refractivity contribution is 0.136. The predicted octanol–water partition coefficient (Wildman–Crippen LogP) is 2.03. The van der Waals surface area contributed by atoms with Crippen LogP contribution in [0.25, 0.3) is 0 Å². The molecule has 4 N–H and O–H groups in total. The highest BCUT2D eigenvalue weighted by atomic mass is 32.2. The normalized spacial score (nSPS) is 13.8. The number of aliphatic hydroxyl groups is 1. The number of rotatable bonds is 9. The first-order valence-electron chi connectivity index (χ1n) is 8.54. The molecule has 8 heteroatoms. The highest BCUT2D eigenvalue weighted by Gasteiger charge is 2.18. The van der Waals surface area contributed by atoms with Crippen LogP contribution in [0, 0.1) is 0 Å². The fourth-order valence-electron chi connectivity index (χ4n) is 2.66. The zero-order valence-electron chi connectivity index (χ0n) is 15.6. The van der Waals surface area contributed by atoms with Gasteiger partial charge in [0.05, 0.1) is 25.2 Å². The van der Waals surface area contributed by atoms with Crippen LogP contribution in [-0.4, -0.2) is 44.6 Å². The Labute approximate surface area is 160 Å². The van der Waals surface area contributed by atoms with Gasteiger partial charge in [-0.15, -0.1) is 0 Å². The summed E-state index contributed by atoms with van der Waals surface area (Å²) in [7, 11) is -1.90. The van der Waals surface area contributed by atoms with Gasteiger partial charge in [0.15, 0.2) is 0 Å². The standard InChI is InChI=1S/C19H26N2O5S/c1-13(20-11-10-14-4-7-16(26-2)8-5-14)19(23)15-6-9-18(22)17(12-15)21-27(3,24)25/h4-9,12-13,19-23H,10-11H2,1-3H3. The van der Waals surface area contributed by atoms with E-state index >= 15 is 0 Å². The molecule has 7 nitrogen and oxygen atoms in total. The number of hydrogen-bond acceptors (Lipinski definition) is 6. The van der Waals surface area contributed by atoms with Crippen LogP contribution in [0.15, 0.2) is 42.5 Å². The second-order valence-electron chi connectivity index (χ2n) is 6.44. The lowest BCUT2D eigenvalue weighted by Crippen LogP contribution is -2.33. The molecule has 0 saturated heterocycles. The Bertz CT molecular complexity index is 853. The lowest BCUT2D eigenvalue weighted by Gasteiger charge is -2.21. The first kappa shape index (κ1) is 21.0. The van der Waals surface area contributed by atoms with Crippen molar-refractivity contribution in [3.05, 3.63) is 53.6 Å². The number of anilines is 1. The van der Waals surface area contributed by atoms with Gasteiger partial charge in [0, 0.05) is 6.04 Å². The maximum absolute atomic E-state index is 11.4. The average Bonchev–Trinajstić information content (AvgIpc) is 2.62. The Morgan fingerprint density at radius 1 is 1.15 bits per heavy atom. The minimum Gasteiger partial charge on any atom is -0.506 e. The van der Waals surface area contributed by atoms with Crippen molar-refractivity contribution in [3.63, 3.8) is 0 Å². The van der Waals surface area contributed by atoms with Crippen molar-refractivity contribution in [1.29, 1.82) is 0 Å². The van der Waals surface area contributed by atoms with Crippen molar-refractivity contribution in [2.45, 2.75) is 25.5 Å². The molecule has 0 heterocycles. The van der Waals surface area contributed by atoms with Crippen LogP contribution in [0.1, 0.15) is 24.2 Å². The molecule has 0 spiro atoms. The fraction of sp³-hybridized carbons (Fsp3) is 0.368. The molecule has 0 aliphatic heterocycles. The van der Waals surface area contributed by atoms with Crippen LogP contribution in [0.3, 0.4) is 0 Å². The summed E-state index contributed by atoms with van der Waals surface area (Å²) in [6.45, 7) is 2.51. The van der Waals surface area contributed by atoms with Crippen LogP contribution in [-0.2, 0) is 16.4 Å². The first-order valence-corrected chi connectivity index (χ1v) is 10.4. The molecule has 0 aliphatic rings. The van der Waals surface area contributed by atoms with Gasteiger partial charge in [0.2, 0.25) is 10.0 Å². The number of nitrogens with one attached hydrogen (secondary N) is 2. The Morgan fingerprint density at radius 3 is 2.41 bits per heavy atom. The Morgan fingerprint density at radius 2 is 1.81 bits per heavy atom. The third kappa shape index (κ3) is 6.42. The fourth-order valence-corrected chi connectivity index (χ4v) is 3.22. The van der Waals surface area contributed by atoms with E-state index in [2.05, 4.69) is 10.0 Å². The van der Waals surface area contributed by atoms with E-state index in [0.717, 1.165) is 24.0 Å². The molecular formula is C19H26N2O5S. The number of sulfonamides is 1. The molecule has 0 aromatic heterocycles. The van der Waals surface area contributed by atoms with Crippen LogP contribution in [0.2, 0.25) is 0 Å². The van der Waals surface area contributed by atoms with E-state index in [4.69, 9.17) is 4.74 Å². The number of benzene rings is 2. The molecule has 0 amide bonds. The van der Waals surface area contributed by atoms with Crippen LogP contribution < -0.4 is 14.8 Å².